The molecule has 5 rings (SSSR count). The molecule has 3 heterocycles. The second-order valence-corrected chi connectivity index (χ2v) is 7.34. The maximum absolute atomic E-state index is 13.0. The largest absolute Gasteiger partial charge is 0.422 e. The Balaban J connectivity index is 1.44. The first-order valence-electron chi connectivity index (χ1n) is 9.16. The van der Waals surface area contributed by atoms with Crippen molar-refractivity contribution in [2.45, 2.75) is 13.0 Å². The summed E-state index contributed by atoms with van der Waals surface area (Å²) in [7, 11) is 0. The fraction of sp³-hybridized carbons (Fsp3) is 0.136. The molecule has 0 aliphatic carbocycles. The molecule has 29 heavy (non-hydrogen) atoms. The molecule has 4 aromatic rings. The lowest BCUT2D eigenvalue weighted by Gasteiger charge is -2.25. The van der Waals surface area contributed by atoms with Gasteiger partial charge in [0.25, 0.3) is 5.91 Å². The first-order chi connectivity index (χ1) is 14.1. The van der Waals surface area contributed by atoms with Crippen LogP contribution in [0.2, 0.25) is 5.02 Å². The highest BCUT2D eigenvalue weighted by atomic mass is 35.5. The number of carbonyl (C=O) groups excluding carboxylic acids is 1. The van der Waals surface area contributed by atoms with Crippen molar-refractivity contribution in [2.24, 2.45) is 0 Å². The Morgan fingerprint density at radius 1 is 1.10 bits per heavy atom. The molecule has 6 nitrogen and oxygen atoms in total. The van der Waals surface area contributed by atoms with Crippen molar-refractivity contribution in [3.63, 3.8) is 0 Å². The smallest absolute Gasteiger partial charge is 0.349 e. The Kier molecular flexibility index (Phi) is 4.21. The van der Waals surface area contributed by atoms with Gasteiger partial charge in [-0.15, -0.1) is 0 Å². The minimum absolute atomic E-state index is 0.0218. The third kappa shape index (κ3) is 3.11. The van der Waals surface area contributed by atoms with Crippen molar-refractivity contribution >= 4 is 28.5 Å². The van der Waals surface area contributed by atoms with E-state index in [-0.39, 0.29) is 18.0 Å². The molecule has 2 aromatic carbocycles. The molecule has 144 valence electrons. The van der Waals surface area contributed by atoms with E-state index in [9.17, 15) is 9.59 Å². The van der Waals surface area contributed by atoms with Crippen LogP contribution in [0.15, 0.2) is 68.3 Å². The number of benzene rings is 2. The van der Waals surface area contributed by atoms with Crippen LogP contribution in [0.4, 0.5) is 0 Å². The van der Waals surface area contributed by atoms with Gasteiger partial charge in [-0.1, -0.05) is 35.0 Å². The molecule has 0 spiro atoms. The van der Waals surface area contributed by atoms with Crippen molar-refractivity contribution in [1.29, 1.82) is 0 Å². The van der Waals surface area contributed by atoms with E-state index >= 15 is 0 Å². The molecule has 1 aliphatic heterocycles. The summed E-state index contributed by atoms with van der Waals surface area (Å²) in [6.45, 7) is 0.734. The number of amides is 1. The summed E-state index contributed by atoms with van der Waals surface area (Å²) in [5.41, 5.74) is 2.40. The first kappa shape index (κ1) is 17.7. The van der Waals surface area contributed by atoms with Crippen LogP contribution in [0.3, 0.4) is 0 Å². The van der Waals surface area contributed by atoms with Gasteiger partial charge in [-0.25, -0.2) is 4.79 Å². The molecular weight excluding hydrogens is 392 g/mol. The molecule has 0 atom stereocenters. The van der Waals surface area contributed by atoms with Gasteiger partial charge in [0.2, 0.25) is 0 Å². The van der Waals surface area contributed by atoms with Crippen LogP contribution in [-0.4, -0.2) is 22.5 Å². The van der Waals surface area contributed by atoms with Gasteiger partial charge in [0.1, 0.15) is 16.8 Å². The zero-order valence-electron chi connectivity index (χ0n) is 15.2. The first-order valence-corrected chi connectivity index (χ1v) is 9.53. The second-order valence-electron chi connectivity index (χ2n) is 6.91. The molecule has 2 aromatic heterocycles. The molecule has 1 amide bonds. The predicted molar refractivity (Wildman–Crippen MR) is 108 cm³/mol. The average molecular weight is 407 g/mol. The fourth-order valence-electron chi connectivity index (χ4n) is 3.61. The SMILES string of the molecule is O=C(c1cc2ccccc2oc1=O)N1CCc2c(noc2-c2ccc(Cl)cc2)C1. The number of hydrogen-bond donors (Lipinski definition) is 0. The van der Waals surface area contributed by atoms with E-state index in [1.807, 2.05) is 18.2 Å². The average Bonchev–Trinajstić information content (AvgIpc) is 3.16. The Hall–Kier alpha value is -3.38. The van der Waals surface area contributed by atoms with Crippen LogP contribution < -0.4 is 5.63 Å². The van der Waals surface area contributed by atoms with Gasteiger partial charge >= 0.3 is 5.63 Å². The van der Waals surface area contributed by atoms with Gasteiger partial charge in [0.15, 0.2) is 5.76 Å². The van der Waals surface area contributed by atoms with Crippen molar-refractivity contribution in [1.82, 2.24) is 10.1 Å². The number of rotatable bonds is 2. The normalized spacial score (nSPS) is 13.5. The standard InChI is InChI=1S/C22H15ClN2O4/c23-15-7-5-13(6-8-15)20-16-9-10-25(12-18(16)24-29-20)21(26)17-11-14-3-1-2-4-19(14)28-22(17)27/h1-8,11H,9-10,12H2. The van der Waals surface area contributed by atoms with Crippen LogP contribution in [-0.2, 0) is 13.0 Å². The Bertz CT molecular complexity index is 1290. The van der Waals surface area contributed by atoms with Crippen LogP contribution in [0, 0.1) is 0 Å². The van der Waals surface area contributed by atoms with Gasteiger partial charge in [-0.3, -0.25) is 4.79 Å². The summed E-state index contributed by atoms with van der Waals surface area (Å²) in [6, 6.07) is 16.0. The molecule has 0 radical (unpaired) electrons. The number of aromatic nitrogens is 1. The van der Waals surface area contributed by atoms with Crippen LogP contribution in [0.25, 0.3) is 22.3 Å². The molecular formula is C22H15ClN2O4. The summed E-state index contributed by atoms with van der Waals surface area (Å²) in [5, 5.41) is 5.51. The molecule has 0 unspecified atom stereocenters. The van der Waals surface area contributed by atoms with Crippen LogP contribution in [0.1, 0.15) is 21.6 Å². The molecule has 7 heteroatoms. The lowest BCUT2D eigenvalue weighted by Crippen LogP contribution is -2.38. The van der Waals surface area contributed by atoms with Gasteiger partial charge in [0, 0.05) is 28.1 Å². The minimum atomic E-state index is -0.637. The Morgan fingerprint density at radius 3 is 2.72 bits per heavy atom. The topological polar surface area (TPSA) is 76.6 Å². The maximum atomic E-state index is 13.0. The summed E-state index contributed by atoms with van der Waals surface area (Å²) in [5.74, 6) is 0.320. The van der Waals surface area contributed by atoms with Crippen LogP contribution >= 0.6 is 11.6 Å². The van der Waals surface area contributed by atoms with Gasteiger partial charge in [0.05, 0.1) is 6.54 Å². The maximum Gasteiger partial charge on any atom is 0.349 e. The highest BCUT2D eigenvalue weighted by molar-refractivity contribution is 6.30. The predicted octanol–water partition coefficient (Wildman–Crippen LogP) is 4.30. The quantitative estimate of drug-likeness (QED) is 0.464. The third-order valence-electron chi connectivity index (χ3n) is 5.11. The van der Waals surface area contributed by atoms with Gasteiger partial charge in [-0.2, -0.15) is 0 Å². The summed E-state index contributed by atoms with van der Waals surface area (Å²) >= 11 is 5.95. The van der Waals surface area contributed by atoms with E-state index in [0.717, 1.165) is 11.1 Å². The molecule has 0 saturated heterocycles. The summed E-state index contributed by atoms with van der Waals surface area (Å²) in [6.07, 6.45) is 0.585. The third-order valence-corrected chi connectivity index (χ3v) is 5.36. The van der Waals surface area contributed by atoms with Crippen LogP contribution in [0.5, 0.6) is 0 Å². The van der Waals surface area contributed by atoms with Crippen molar-refractivity contribution in [3.05, 3.63) is 86.9 Å². The minimum Gasteiger partial charge on any atom is -0.422 e. The zero-order valence-corrected chi connectivity index (χ0v) is 16.0. The highest BCUT2D eigenvalue weighted by Crippen LogP contribution is 2.31. The molecule has 1 aliphatic rings. The number of halogens is 1. The lowest BCUT2D eigenvalue weighted by molar-refractivity contribution is 0.0727. The van der Waals surface area contributed by atoms with Crippen molar-refractivity contribution in [3.8, 4) is 11.3 Å². The van der Waals surface area contributed by atoms with E-state index in [1.54, 1.807) is 41.3 Å². The lowest BCUT2D eigenvalue weighted by atomic mass is 10.00. The fourth-order valence-corrected chi connectivity index (χ4v) is 3.74. The van der Waals surface area contributed by atoms with Gasteiger partial charge in [-0.05, 0) is 42.8 Å². The Labute approximate surface area is 170 Å². The summed E-state index contributed by atoms with van der Waals surface area (Å²) in [4.78, 5) is 26.9. The molecule has 0 N–H and O–H groups in total. The van der Waals surface area contributed by atoms with E-state index in [0.29, 0.717) is 40.4 Å². The molecule has 0 fully saturated rings. The number of fused-ring (bicyclic) bond motifs is 2. The number of carbonyl (C=O) groups is 1. The zero-order chi connectivity index (χ0) is 20.0. The second kappa shape index (κ2) is 6.90. The Morgan fingerprint density at radius 2 is 1.90 bits per heavy atom. The van der Waals surface area contributed by atoms with Gasteiger partial charge < -0.3 is 13.8 Å². The number of nitrogens with zero attached hydrogens (tertiary/aromatic N) is 2. The van der Waals surface area contributed by atoms with Crippen molar-refractivity contribution < 1.29 is 13.7 Å². The summed E-state index contributed by atoms with van der Waals surface area (Å²) < 4.78 is 10.8. The number of hydrogen-bond acceptors (Lipinski definition) is 5. The van der Waals surface area contributed by atoms with Crippen molar-refractivity contribution in [2.75, 3.05) is 6.54 Å². The van der Waals surface area contributed by atoms with E-state index in [2.05, 4.69) is 5.16 Å². The monoisotopic (exact) mass is 406 g/mol. The highest BCUT2D eigenvalue weighted by Gasteiger charge is 2.29. The van der Waals surface area contributed by atoms with E-state index in [1.165, 1.54) is 0 Å². The number of para-hydroxylation sites is 1. The molecule has 0 bridgehead atoms. The molecule has 0 saturated carbocycles. The van der Waals surface area contributed by atoms with E-state index in [4.69, 9.17) is 20.5 Å². The van der Waals surface area contributed by atoms with E-state index < -0.39 is 5.63 Å².